The molecule has 0 spiro atoms. The van der Waals surface area contributed by atoms with Crippen LogP contribution in [0, 0.1) is 5.92 Å². The molecule has 0 radical (unpaired) electrons. The van der Waals surface area contributed by atoms with Gasteiger partial charge in [-0.05, 0) is 24.3 Å². The van der Waals surface area contributed by atoms with Gasteiger partial charge in [0.2, 0.25) is 0 Å². The Hall–Kier alpha value is -0.860. The van der Waals surface area contributed by atoms with Gasteiger partial charge >= 0.3 is 0 Å². The Morgan fingerprint density at radius 1 is 1.06 bits per heavy atom. The number of nitrogens with two attached hydrogens (primary N) is 1. The van der Waals surface area contributed by atoms with Gasteiger partial charge in [-0.2, -0.15) is 0 Å². The van der Waals surface area contributed by atoms with Gasteiger partial charge in [0.15, 0.2) is 0 Å². The number of hydrogen-bond donors (Lipinski definition) is 2. The molecule has 2 nitrogen and oxygen atoms in total. The van der Waals surface area contributed by atoms with Crippen LogP contribution in [0.25, 0.3) is 0 Å². The Balaban J connectivity index is 2.06. The minimum Gasteiger partial charge on any atom is -0.392 e. The van der Waals surface area contributed by atoms with Crippen molar-refractivity contribution < 1.29 is 5.11 Å². The van der Waals surface area contributed by atoms with E-state index in [9.17, 15) is 5.11 Å². The van der Waals surface area contributed by atoms with Crippen LogP contribution >= 0.6 is 0 Å². The van der Waals surface area contributed by atoms with Crippen molar-refractivity contribution in [2.24, 2.45) is 11.7 Å². The van der Waals surface area contributed by atoms with Crippen LogP contribution in [0.3, 0.4) is 0 Å². The molecule has 0 aliphatic heterocycles. The second-order valence-corrected chi connectivity index (χ2v) is 5.50. The summed E-state index contributed by atoms with van der Waals surface area (Å²) in [6.45, 7) is 0.529. The first-order valence-electron chi connectivity index (χ1n) is 7.26. The Morgan fingerprint density at radius 2 is 1.67 bits per heavy atom. The topological polar surface area (TPSA) is 46.2 Å². The van der Waals surface area contributed by atoms with Gasteiger partial charge in [-0.15, -0.1) is 0 Å². The summed E-state index contributed by atoms with van der Waals surface area (Å²) in [4.78, 5) is 0. The van der Waals surface area contributed by atoms with E-state index in [-0.39, 0.29) is 12.0 Å². The van der Waals surface area contributed by atoms with Crippen LogP contribution in [0.2, 0.25) is 0 Å². The Bertz CT molecular complexity index is 330. The summed E-state index contributed by atoms with van der Waals surface area (Å²) in [7, 11) is 0. The van der Waals surface area contributed by atoms with E-state index < -0.39 is 0 Å². The summed E-state index contributed by atoms with van der Waals surface area (Å²) in [6, 6.07) is 10.2. The van der Waals surface area contributed by atoms with E-state index in [1.54, 1.807) is 0 Å². The van der Waals surface area contributed by atoms with E-state index in [2.05, 4.69) is 12.1 Å². The molecule has 0 heterocycles. The van der Waals surface area contributed by atoms with Gasteiger partial charge in [-0.3, -0.25) is 0 Å². The van der Waals surface area contributed by atoms with Crippen molar-refractivity contribution in [1.82, 2.24) is 0 Å². The van der Waals surface area contributed by atoms with Gasteiger partial charge in [0.1, 0.15) is 0 Å². The molecular formula is C16H25NO. The smallest absolute Gasteiger partial charge is 0.0648 e. The zero-order valence-corrected chi connectivity index (χ0v) is 11.1. The Labute approximate surface area is 110 Å². The summed E-state index contributed by atoms with van der Waals surface area (Å²) < 4.78 is 0. The van der Waals surface area contributed by atoms with E-state index >= 15 is 0 Å². The van der Waals surface area contributed by atoms with E-state index in [1.165, 1.54) is 31.2 Å². The lowest BCUT2D eigenvalue weighted by Crippen LogP contribution is -2.32. The molecule has 18 heavy (non-hydrogen) atoms. The van der Waals surface area contributed by atoms with Gasteiger partial charge < -0.3 is 10.8 Å². The average Bonchev–Trinajstić information content (AvgIpc) is 2.69. The highest BCUT2D eigenvalue weighted by Crippen LogP contribution is 2.32. The summed E-state index contributed by atoms with van der Waals surface area (Å²) in [5.74, 6) is 0.524. The van der Waals surface area contributed by atoms with Gasteiger partial charge in [-0.1, -0.05) is 56.0 Å². The number of aliphatic hydroxyl groups is 1. The van der Waals surface area contributed by atoms with Crippen molar-refractivity contribution >= 4 is 0 Å². The first-order chi connectivity index (χ1) is 8.83. The summed E-state index contributed by atoms with van der Waals surface area (Å²) in [6.07, 6.45) is 7.19. The SMILES string of the molecule is NCC(c1ccccc1)C(O)C1CCCCCC1. The molecule has 0 amide bonds. The minimum absolute atomic E-state index is 0.0919. The Kier molecular flexibility index (Phi) is 5.21. The molecular weight excluding hydrogens is 222 g/mol. The fourth-order valence-electron chi connectivity index (χ4n) is 3.15. The predicted octanol–water partition coefficient (Wildman–Crippen LogP) is 3.06. The number of hydrogen-bond acceptors (Lipinski definition) is 2. The van der Waals surface area contributed by atoms with Crippen LogP contribution < -0.4 is 5.73 Å². The zero-order valence-electron chi connectivity index (χ0n) is 11.1. The van der Waals surface area contributed by atoms with Crippen LogP contribution in [0.1, 0.15) is 50.0 Å². The normalized spacial score (nSPS) is 21.2. The standard InChI is InChI=1S/C16H25NO/c17-12-15(13-8-6-3-7-9-13)16(18)14-10-4-1-2-5-11-14/h3,6-9,14-16,18H,1-2,4-5,10-12,17H2. The molecule has 1 aliphatic carbocycles. The molecule has 3 N–H and O–H groups in total. The van der Waals surface area contributed by atoms with Crippen LogP contribution in [-0.2, 0) is 0 Å². The molecule has 1 aliphatic rings. The highest BCUT2D eigenvalue weighted by atomic mass is 16.3. The molecule has 2 heteroatoms. The van der Waals surface area contributed by atoms with Crippen LogP contribution in [0.15, 0.2) is 30.3 Å². The lowest BCUT2D eigenvalue weighted by molar-refractivity contribution is 0.0742. The van der Waals surface area contributed by atoms with E-state index in [1.807, 2.05) is 18.2 Å². The van der Waals surface area contributed by atoms with E-state index in [0.29, 0.717) is 12.5 Å². The van der Waals surface area contributed by atoms with Crippen molar-refractivity contribution in [3.8, 4) is 0 Å². The van der Waals surface area contributed by atoms with Crippen LogP contribution in [-0.4, -0.2) is 17.8 Å². The lowest BCUT2D eigenvalue weighted by atomic mass is 9.82. The quantitative estimate of drug-likeness (QED) is 0.803. The van der Waals surface area contributed by atoms with Crippen LogP contribution in [0.5, 0.6) is 0 Å². The molecule has 0 saturated heterocycles. The fourth-order valence-corrected chi connectivity index (χ4v) is 3.15. The molecule has 2 unspecified atom stereocenters. The highest BCUT2D eigenvalue weighted by Gasteiger charge is 2.28. The monoisotopic (exact) mass is 247 g/mol. The van der Waals surface area contributed by atoms with E-state index in [4.69, 9.17) is 5.73 Å². The third-order valence-corrected chi connectivity index (χ3v) is 4.28. The molecule has 0 aromatic heterocycles. The Morgan fingerprint density at radius 3 is 2.22 bits per heavy atom. The molecule has 2 atom stereocenters. The largest absolute Gasteiger partial charge is 0.392 e. The molecule has 0 bridgehead atoms. The van der Waals surface area contributed by atoms with Gasteiger partial charge in [0, 0.05) is 12.5 Å². The predicted molar refractivity (Wildman–Crippen MR) is 75.4 cm³/mol. The minimum atomic E-state index is -0.282. The average molecular weight is 247 g/mol. The molecule has 1 aromatic rings. The van der Waals surface area contributed by atoms with Crippen LogP contribution in [0.4, 0.5) is 0 Å². The summed E-state index contributed by atoms with van der Waals surface area (Å²) in [5.41, 5.74) is 7.07. The van der Waals surface area contributed by atoms with Crippen molar-refractivity contribution in [3.05, 3.63) is 35.9 Å². The van der Waals surface area contributed by atoms with Crippen molar-refractivity contribution in [3.63, 3.8) is 0 Å². The third kappa shape index (κ3) is 3.33. The zero-order chi connectivity index (χ0) is 12.8. The first-order valence-corrected chi connectivity index (χ1v) is 7.26. The fraction of sp³-hybridized carbons (Fsp3) is 0.625. The molecule has 1 aromatic carbocycles. The summed E-state index contributed by atoms with van der Waals surface area (Å²) in [5, 5.41) is 10.6. The molecule has 1 saturated carbocycles. The molecule has 100 valence electrons. The number of aliphatic hydroxyl groups excluding tert-OH is 1. The first kappa shape index (κ1) is 13.6. The lowest BCUT2D eigenvalue weighted by Gasteiger charge is -2.29. The number of rotatable bonds is 4. The second kappa shape index (κ2) is 6.91. The second-order valence-electron chi connectivity index (χ2n) is 5.50. The van der Waals surface area contributed by atoms with E-state index in [0.717, 1.165) is 12.8 Å². The highest BCUT2D eigenvalue weighted by molar-refractivity contribution is 5.21. The van der Waals surface area contributed by atoms with Crippen molar-refractivity contribution in [2.45, 2.75) is 50.5 Å². The maximum Gasteiger partial charge on any atom is 0.0648 e. The molecule has 2 rings (SSSR count). The van der Waals surface area contributed by atoms with Crippen molar-refractivity contribution in [1.29, 1.82) is 0 Å². The maximum atomic E-state index is 10.6. The van der Waals surface area contributed by atoms with Gasteiger partial charge in [-0.25, -0.2) is 0 Å². The summed E-state index contributed by atoms with van der Waals surface area (Å²) >= 11 is 0. The maximum absolute atomic E-state index is 10.6. The van der Waals surface area contributed by atoms with Gasteiger partial charge in [0.05, 0.1) is 6.10 Å². The third-order valence-electron chi connectivity index (χ3n) is 4.28. The van der Waals surface area contributed by atoms with Gasteiger partial charge in [0.25, 0.3) is 0 Å². The van der Waals surface area contributed by atoms with Crippen molar-refractivity contribution in [2.75, 3.05) is 6.54 Å². The molecule has 1 fully saturated rings. The number of benzene rings is 1.